The number of carbonyl (C=O) groups is 2. The summed E-state index contributed by atoms with van der Waals surface area (Å²) >= 11 is 6.05. The summed E-state index contributed by atoms with van der Waals surface area (Å²) in [6, 6.07) is 5.81. The number of benzene rings is 1. The van der Waals surface area contributed by atoms with Crippen molar-refractivity contribution in [2.24, 2.45) is 5.41 Å². The Hall–Kier alpha value is -1.75. The van der Waals surface area contributed by atoms with Crippen LogP contribution in [0.2, 0.25) is 5.02 Å². The van der Waals surface area contributed by atoms with Crippen molar-refractivity contribution in [3.05, 3.63) is 34.9 Å². The third kappa shape index (κ3) is 4.93. The van der Waals surface area contributed by atoms with E-state index in [1.54, 1.807) is 33.9 Å². The lowest BCUT2D eigenvalue weighted by Crippen LogP contribution is -2.52. The summed E-state index contributed by atoms with van der Waals surface area (Å²) in [6.07, 6.45) is 0. The normalized spacial score (nSPS) is 12.6. The Balaban J connectivity index is 2.75. The van der Waals surface area contributed by atoms with Gasteiger partial charge in [0.15, 0.2) is 0 Å². The van der Waals surface area contributed by atoms with Gasteiger partial charge in [-0.05, 0) is 17.0 Å². The number of carboxylic acid groups (broad SMARTS) is 1. The van der Waals surface area contributed by atoms with E-state index >= 15 is 0 Å². The van der Waals surface area contributed by atoms with Crippen LogP contribution >= 0.6 is 11.6 Å². The summed E-state index contributed by atoms with van der Waals surface area (Å²) in [4.78, 5) is 24.8. The molecule has 0 saturated carbocycles. The van der Waals surface area contributed by atoms with Crippen molar-refractivity contribution in [2.75, 3.05) is 7.05 Å². The molecule has 21 heavy (non-hydrogen) atoms. The molecule has 0 bridgehead atoms. The van der Waals surface area contributed by atoms with Crippen LogP contribution in [0.5, 0.6) is 0 Å². The Morgan fingerprint density at radius 2 is 1.90 bits per heavy atom. The van der Waals surface area contributed by atoms with E-state index in [-0.39, 0.29) is 0 Å². The van der Waals surface area contributed by atoms with Crippen LogP contribution < -0.4 is 5.32 Å². The molecule has 1 rings (SSSR count). The van der Waals surface area contributed by atoms with Gasteiger partial charge in [-0.1, -0.05) is 50.6 Å². The summed E-state index contributed by atoms with van der Waals surface area (Å²) in [5, 5.41) is 12.3. The van der Waals surface area contributed by atoms with Crippen LogP contribution in [0.15, 0.2) is 24.3 Å². The van der Waals surface area contributed by atoms with Crippen molar-refractivity contribution < 1.29 is 14.7 Å². The summed E-state index contributed by atoms with van der Waals surface area (Å²) in [5.74, 6) is -1.05. The largest absolute Gasteiger partial charge is 0.480 e. The lowest BCUT2D eigenvalue weighted by atomic mass is 9.87. The molecule has 1 aromatic rings. The lowest BCUT2D eigenvalue weighted by molar-refractivity contribution is -0.142. The number of carboxylic acids is 1. The van der Waals surface area contributed by atoms with Gasteiger partial charge in [-0.25, -0.2) is 9.59 Å². The summed E-state index contributed by atoms with van der Waals surface area (Å²) in [5.41, 5.74) is 0.228. The monoisotopic (exact) mass is 312 g/mol. The van der Waals surface area contributed by atoms with Crippen LogP contribution in [0.4, 0.5) is 4.79 Å². The number of nitrogens with zero attached hydrogens (tertiary/aromatic N) is 1. The van der Waals surface area contributed by atoms with Crippen LogP contribution in [0.25, 0.3) is 0 Å². The van der Waals surface area contributed by atoms with E-state index in [2.05, 4.69) is 5.32 Å². The van der Waals surface area contributed by atoms with E-state index in [1.165, 1.54) is 4.90 Å². The van der Waals surface area contributed by atoms with Gasteiger partial charge >= 0.3 is 12.0 Å². The van der Waals surface area contributed by atoms with Gasteiger partial charge < -0.3 is 15.3 Å². The fraction of sp³-hybridized carbons (Fsp3) is 0.467. The molecule has 0 aromatic heterocycles. The van der Waals surface area contributed by atoms with Gasteiger partial charge in [-0.2, -0.15) is 0 Å². The molecular formula is C15H21ClN2O3. The minimum absolute atomic E-state index is 0.308. The van der Waals surface area contributed by atoms with Gasteiger partial charge in [-0.15, -0.1) is 0 Å². The topological polar surface area (TPSA) is 69.6 Å². The standard InChI is InChI=1S/C15H21ClN2O3/c1-15(2,3)12(13(19)20)17-14(21)18(4)9-10-7-5-6-8-11(10)16/h5-8,12H,9H2,1-4H3,(H,17,21)(H,19,20)/t12-/m0/s1. The maximum Gasteiger partial charge on any atom is 0.326 e. The highest BCUT2D eigenvalue weighted by atomic mass is 35.5. The Labute approximate surface area is 129 Å². The van der Waals surface area contributed by atoms with Crippen LogP contribution in [-0.4, -0.2) is 35.1 Å². The number of rotatable bonds is 4. The van der Waals surface area contributed by atoms with Crippen LogP contribution in [0.3, 0.4) is 0 Å². The lowest BCUT2D eigenvalue weighted by Gasteiger charge is -2.29. The van der Waals surface area contributed by atoms with E-state index < -0.39 is 23.5 Å². The van der Waals surface area contributed by atoms with Gasteiger partial charge in [0.25, 0.3) is 0 Å². The molecule has 1 atom stereocenters. The Kier molecular flexibility index (Phi) is 5.61. The van der Waals surface area contributed by atoms with Crippen molar-refractivity contribution in [3.63, 3.8) is 0 Å². The highest BCUT2D eigenvalue weighted by Gasteiger charge is 2.33. The second kappa shape index (κ2) is 6.80. The number of carbonyl (C=O) groups excluding carboxylic acids is 1. The number of amides is 2. The third-order valence-corrected chi connectivity index (χ3v) is 3.46. The molecule has 6 heteroatoms. The van der Waals surface area contributed by atoms with Gasteiger partial charge in [0, 0.05) is 18.6 Å². The molecule has 0 aliphatic rings. The quantitative estimate of drug-likeness (QED) is 0.898. The summed E-state index contributed by atoms with van der Waals surface area (Å²) in [6.45, 7) is 5.60. The molecule has 0 fully saturated rings. The smallest absolute Gasteiger partial charge is 0.326 e. The van der Waals surface area contributed by atoms with E-state index in [1.807, 2.05) is 18.2 Å². The zero-order chi connectivity index (χ0) is 16.2. The van der Waals surface area contributed by atoms with Gasteiger partial charge in [-0.3, -0.25) is 0 Å². The number of aliphatic carboxylic acids is 1. The second-order valence-corrected chi connectivity index (χ2v) is 6.44. The molecule has 0 spiro atoms. The summed E-state index contributed by atoms with van der Waals surface area (Å²) in [7, 11) is 1.60. The fourth-order valence-electron chi connectivity index (χ4n) is 1.84. The Bertz CT molecular complexity index is 526. The average molecular weight is 313 g/mol. The highest BCUT2D eigenvalue weighted by molar-refractivity contribution is 6.31. The maximum atomic E-state index is 12.1. The molecule has 2 N–H and O–H groups in total. The first-order chi connectivity index (χ1) is 9.62. The first-order valence-electron chi connectivity index (χ1n) is 6.60. The first kappa shape index (κ1) is 17.3. The number of hydrogen-bond donors (Lipinski definition) is 2. The van der Waals surface area contributed by atoms with Crippen LogP contribution in [-0.2, 0) is 11.3 Å². The van der Waals surface area contributed by atoms with E-state index in [4.69, 9.17) is 11.6 Å². The fourth-order valence-corrected chi connectivity index (χ4v) is 2.03. The zero-order valence-electron chi connectivity index (χ0n) is 12.7. The Morgan fingerprint density at radius 1 is 1.33 bits per heavy atom. The van der Waals surface area contributed by atoms with Crippen molar-refractivity contribution >= 4 is 23.6 Å². The molecular weight excluding hydrogens is 292 g/mol. The van der Waals surface area contributed by atoms with Gasteiger partial charge in [0.05, 0.1) is 0 Å². The SMILES string of the molecule is CN(Cc1ccccc1Cl)C(=O)N[C@@H](C(=O)O)C(C)(C)C. The molecule has 0 saturated heterocycles. The van der Waals surface area contributed by atoms with E-state index in [9.17, 15) is 14.7 Å². The molecule has 2 amide bonds. The van der Waals surface area contributed by atoms with Crippen LogP contribution in [0, 0.1) is 5.41 Å². The molecule has 0 unspecified atom stereocenters. The van der Waals surface area contributed by atoms with Gasteiger partial charge in [0.1, 0.15) is 6.04 Å². The van der Waals surface area contributed by atoms with E-state index in [0.717, 1.165) is 5.56 Å². The molecule has 0 radical (unpaired) electrons. The minimum atomic E-state index is -1.05. The van der Waals surface area contributed by atoms with Crippen LogP contribution in [0.1, 0.15) is 26.3 Å². The zero-order valence-corrected chi connectivity index (χ0v) is 13.4. The molecule has 116 valence electrons. The maximum absolute atomic E-state index is 12.1. The molecule has 1 aromatic carbocycles. The van der Waals surface area contributed by atoms with Crippen molar-refractivity contribution in [2.45, 2.75) is 33.4 Å². The predicted molar refractivity (Wildman–Crippen MR) is 82.3 cm³/mol. The third-order valence-electron chi connectivity index (χ3n) is 3.09. The first-order valence-corrected chi connectivity index (χ1v) is 6.98. The molecule has 0 aliphatic heterocycles. The van der Waals surface area contributed by atoms with Crippen molar-refractivity contribution in [1.82, 2.24) is 10.2 Å². The molecule has 5 nitrogen and oxygen atoms in total. The number of nitrogens with one attached hydrogen (secondary N) is 1. The van der Waals surface area contributed by atoms with Crippen molar-refractivity contribution in [1.29, 1.82) is 0 Å². The molecule has 0 aliphatic carbocycles. The minimum Gasteiger partial charge on any atom is -0.480 e. The Morgan fingerprint density at radius 3 is 2.38 bits per heavy atom. The number of halogens is 1. The predicted octanol–water partition coefficient (Wildman–Crippen LogP) is 2.98. The average Bonchev–Trinajstić information content (AvgIpc) is 2.36. The highest BCUT2D eigenvalue weighted by Crippen LogP contribution is 2.20. The van der Waals surface area contributed by atoms with Gasteiger partial charge in [0.2, 0.25) is 0 Å². The number of urea groups is 1. The summed E-state index contributed by atoms with van der Waals surface area (Å²) < 4.78 is 0. The van der Waals surface area contributed by atoms with E-state index in [0.29, 0.717) is 11.6 Å². The van der Waals surface area contributed by atoms with Crippen molar-refractivity contribution in [3.8, 4) is 0 Å². The second-order valence-electron chi connectivity index (χ2n) is 6.03. The molecule has 0 heterocycles. The number of hydrogen-bond acceptors (Lipinski definition) is 2.